The van der Waals surface area contributed by atoms with Gasteiger partial charge in [-0.25, -0.2) is 4.39 Å². The predicted octanol–water partition coefficient (Wildman–Crippen LogP) is 1.51. The number of benzene rings is 1. The van der Waals surface area contributed by atoms with E-state index < -0.39 is 11.8 Å². The number of H-pyrrole nitrogens is 1. The van der Waals surface area contributed by atoms with Crippen LogP contribution in [0.1, 0.15) is 30.3 Å². The number of rotatable bonds is 4. The summed E-state index contributed by atoms with van der Waals surface area (Å²) >= 11 is 0. The molecule has 1 aliphatic rings. The Labute approximate surface area is 156 Å². The predicted molar refractivity (Wildman–Crippen MR) is 98.7 cm³/mol. The maximum Gasteiger partial charge on any atom is 0.312 e. The fourth-order valence-electron chi connectivity index (χ4n) is 3.11. The molecule has 1 aromatic carbocycles. The van der Waals surface area contributed by atoms with Gasteiger partial charge in [-0.2, -0.15) is 0 Å². The van der Waals surface area contributed by atoms with Gasteiger partial charge in [-0.15, -0.1) is 0 Å². The summed E-state index contributed by atoms with van der Waals surface area (Å²) in [5.41, 5.74) is 0.878. The zero-order chi connectivity index (χ0) is 19.4. The molecule has 1 saturated heterocycles. The molecule has 2 heterocycles. The van der Waals surface area contributed by atoms with Gasteiger partial charge in [0.15, 0.2) is 0 Å². The normalized spacial score (nSPS) is 14.4. The number of nitrogens with zero attached hydrogens (tertiary/aromatic N) is 2. The van der Waals surface area contributed by atoms with Crippen molar-refractivity contribution in [3.63, 3.8) is 0 Å². The van der Waals surface area contributed by atoms with Crippen molar-refractivity contribution in [3.05, 3.63) is 35.8 Å². The van der Waals surface area contributed by atoms with Crippen molar-refractivity contribution in [1.82, 2.24) is 20.1 Å². The summed E-state index contributed by atoms with van der Waals surface area (Å²) in [6, 6.07) is 6.15. The van der Waals surface area contributed by atoms with Gasteiger partial charge < -0.3 is 20.1 Å². The molecule has 0 saturated carbocycles. The van der Waals surface area contributed by atoms with Crippen LogP contribution in [-0.4, -0.2) is 65.2 Å². The van der Waals surface area contributed by atoms with E-state index in [2.05, 4.69) is 10.3 Å². The maximum atomic E-state index is 13.8. The number of hydrogen-bond donors (Lipinski definition) is 2. The van der Waals surface area contributed by atoms with E-state index in [1.807, 2.05) is 6.92 Å². The van der Waals surface area contributed by atoms with Crippen molar-refractivity contribution in [1.29, 1.82) is 0 Å². The first-order valence-corrected chi connectivity index (χ1v) is 9.15. The van der Waals surface area contributed by atoms with Crippen molar-refractivity contribution in [2.24, 2.45) is 0 Å². The van der Waals surface area contributed by atoms with E-state index in [0.29, 0.717) is 49.3 Å². The molecule has 8 heteroatoms. The summed E-state index contributed by atoms with van der Waals surface area (Å²) in [4.78, 5) is 42.7. The molecular weight excluding hydrogens is 351 g/mol. The molecule has 3 rings (SSSR count). The van der Waals surface area contributed by atoms with Crippen LogP contribution < -0.4 is 5.32 Å². The van der Waals surface area contributed by atoms with Crippen LogP contribution in [0.25, 0.3) is 10.9 Å². The summed E-state index contributed by atoms with van der Waals surface area (Å²) in [5.74, 6) is -1.79. The lowest BCUT2D eigenvalue weighted by atomic mass is 10.2. The van der Waals surface area contributed by atoms with Gasteiger partial charge in [-0.05, 0) is 24.6 Å². The molecule has 2 N–H and O–H groups in total. The first kappa shape index (κ1) is 18.9. The average Bonchev–Trinajstić information content (AvgIpc) is 3.13. The molecule has 0 atom stereocenters. The Morgan fingerprint density at radius 2 is 1.85 bits per heavy atom. The van der Waals surface area contributed by atoms with Crippen LogP contribution in [0.5, 0.6) is 0 Å². The van der Waals surface area contributed by atoms with E-state index in [1.54, 1.807) is 17.0 Å². The minimum atomic E-state index is -0.602. The van der Waals surface area contributed by atoms with Crippen LogP contribution in [0.4, 0.5) is 4.39 Å². The average molecular weight is 374 g/mol. The number of hydrogen-bond acceptors (Lipinski definition) is 3. The third-order valence-corrected chi connectivity index (χ3v) is 4.71. The number of nitrogens with one attached hydrogen (secondary N) is 2. The number of carbonyl (C=O) groups excluding carboxylic acids is 3. The second-order valence-corrected chi connectivity index (χ2v) is 6.58. The minimum absolute atomic E-state index is 0.245. The van der Waals surface area contributed by atoms with Gasteiger partial charge in [0.25, 0.3) is 5.91 Å². The minimum Gasteiger partial charge on any atom is -0.350 e. The van der Waals surface area contributed by atoms with Gasteiger partial charge in [0, 0.05) is 43.6 Å². The van der Waals surface area contributed by atoms with Crippen LogP contribution in [0.3, 0.4) is 0 Å². The Kier molecular flexibility index (Phi) is 5.73. The van der Waals surface area contributed by atoms with E-state index in [-0.39, 0.29) is 11.7 Å². The molecule has 1 aromatic heterocycles. The number of halogens is 1. The number of amides is 3. The molecule has 144 valence electrons. The molecule has 3 amide bonds. The number of carbonyl (C=O) groups is 3. The van der Waals surface area contributed by atoms with Gasteiger partial charge in [-0.1, -0.05) is 19.4 Å². The molecule has 1 fully saturated rings. The summed E-state index contributed by atoms with van der Waals surface area (Å²) in [6.07, 6.45) is 1.76. The number of aromatic nitrogens is 1. The number of aromatic amines is 1. The lowest BCUT2D eigenvalue weighted by Gasteiger charge is -2.34. The van der Waals surface area contributed by atoms with Gasteiger partial charge >= 0.3 is 11.8 Å². The highest BCUT2D eigenvalue weighted by atomic mass is 19.1. The van der Waals surface area contributed by atoms with Gasteiger partial charge in [0.05, 0.1) is 0 Å². The quantitative estimate of drug-likeness (QED) is 0.628. The number of piperazine rings is 1. The van der Waals surface area contributed by atoms with Crippen molar-refractivity contribution in [3.8, 4) is 0 Å². The molecule has 27 heavy (non-hydrogen) atoms. The summed E-state index contributed by atoms with van der Waals surface area (Å²) in [6.45, 7) is 3.72. The first-order chi connectivity index (χ1) is 13.0. The van der Waals surface area contributed by atoms with Crippen LogP contribution in [0.15, 0.2) is 24.3 Å². The smallest absolute Gasteiger partial charge is 0.312 e. The van der Waals surface area contributed by atoms with Gasteiger partial charge in [0.1, 0.15) is 11.5 Å². The van der Waals surface area contributed by atoms with Crippen molar-refractivity contribution < 1.29 is 18.8 Å². The SMILES string of the molecule is CCCCNC(=O)C(=O)N1CCN(C(=O)c2cc3c(F)cccc3[nH]2)CC1. The summed E-state index contributed by atoms with van der Waals surface area (Å²) in [5, 5.41) is 2.98. The van der Waals surface area contributed by atoms with Crippen molar-refractivity contribution in [2.75, 3.05) is 32.7 Å². The fraction of sp³-hybridized carbons (Fsp3) is 0.421. The maximum absolute atomic E-state index is 13.8. The van der Waals surface area contributed by atoms with Crippen molar-refractivity contribution in [2.45, 2.75) is 19.8 Å². The van der Waals surface area contributed by atoms with E-state index in [0.717, 1.165) is 12.8 Å². The monoisotopic (exact) mass is 374 g/mol. The highest BCUT2D eigenvalue weighted by Gasteiger charge is 2.28. The molecule has 0 radical (unpaired) electrons. The number of unbranched alkanes of at least 4 members (excludes halogenated alkanes) is 1. The zero-order valence-corrected chi connectivity index (χ0v) is 15.3. The number of fused-ring (bicyclic) bond motifs is 1. The summed E-state index contributed by atoms with van der Waals surface area (Å²) in [7, 11) is 0. The Morgan fingerprint density at radius 3 is 2.52 bits per heavy atom. The Morgan fingerprint density at radius 1 is 1.15 bits per heavy atom. The molecule has 7 nitrogen and oxygen atoms in total. The molecule has 0 aliphatic carbocycles. The Balaban J connectivity index is 1.58. The largest absolute Gasteiger partial charge is 0.350 e. The van der Waals surface area contributed by atoms with Crippen LogP contribution >= 0.6 is 0 Å². The van der Waals surface area contributed by atoms with Crippen LogP contribution in [0, 0.1) is 5.82 Å². The van der Waals surface area contributed by atoms with E-state index >= 15 is 0 Å². The van der Waals surface area contributed by atoms with E-state index in [9.17, 15) is 18.8 Å². The van der Waals surface area contributed by atoms with Crippen LogP contribution in [0.2, 0.25) is 0 Å². The summed E-state index contributed by atoms with van der Waals surface area (Å²) < 4.78 is 13.8. The highest BCUT2D eigenvalue weighted by Crippen LogP contribution is 2.20. The topological polar surface area (TPSA) is 85.5 Å². The lowest BCUT2D eigenvalue weighted by molar-refractivity contribution is -0.146. The molecule has 0 unspecified atom stereocenters. The van der Waals surface area contributed by atoms with Crippen molar-refractivity contribution >= 4 is 28.6 Å². The Hall–Kier alpha value is -2.90. The molecule has 0 spiro atoms. The molecule has 1 aliphatic heterocycles. The van der Waals surface area contributed by atoms with Gasteiger partial charge in [0.2, 0.25) is 0 Å². The lowest BCUT2D eigenvalue weighted by Crippen LogP contribution is -2.54. The first-order valence-electron chi connectivity index (χ1n) is 9.15. The second-order valence-electron chi connectivity index (χ2n) is 6.58. The third-order valence-electron chi connectivity index (χ3n) is 4.71. The van der Waals surface area contributed by atoms with E-state index in [1.165, 1.54) is 17.0 Å². The highest BCUT2D eigenvalue weighted by molar-refractivity contribution is 6.35. The van der Waals surface area contributed by atoms with E-state index in [4.69, 9.17) is 0 Å². The standard InChI is InChI=1S/C19H23FN4O3/c1-2-3-7-21-17(25)19(27)24-10-8-23(9-11-24)18(26)16-12-13-14(20)5-4-6-15(13)22-16/h4-6,12,22H,2-3,7-11H2,1H3,(H,21,25). The third kappa shape index (κ3) is 4.10. The van der Waals surface area contributed by atoms with Crippen LogP contribution in [-0.2, 0) is 9.59 Å². The molecule has 0 bridgehead atoms. The Bertz CT molecular complexity index is 856. The molecule has 2 aromatic rings. The second kappa shape index (κ2) is 8.20. The molecular formula is C19H23FN4O3. The van der Waals surface area contributed by atoms with Gasteiger partial charge in [-0.3, -0.25) is 14.4 Å². The fourth-order valence-corrected chi connectivity index (χ4v) is 3.11. The zero-order valence-electron chi connectivity index (χ0n) is 15.3.